The number of carboxylic acids is 1. The van der Waals surface area contributed by atoms with E-state index in [0.717, 1.165) is 17.7 Å². The van der Waals surface area contributed by atoms with E-state index in [1.807, 2.05) is 31.2 Å². The summed E-state index contributed by atoms with van der Waals surface area (Å²) < 4.78 is 10.5. The molecule has 138 valence electrons. The SMILES string of the molecule is CCC(CC(=O)NC1(CC(=O)O)CCOCC1)c1ccc(OC)cc1. The molecule has 1 fully saturated rings. The van der Waals surface area contributed by atoms with Crippen molar-refractivity contribution in [2.24, 2.45) is 0 Å². The molecular weight excluding hydrogens is 322 g/mol. The summed E-state index contributed by atoms with van der Waals surface area (Å²) in [4.78, 5) is 23.8. The number of carboxylic acid groups (broad SMARTS) is 1. The van der Waals surface area contributed by atoms with Gasteiger partial charge < -0.3 is 19.9 Å². The van der Waals surface area contributed by atoms with Crippen LogP contribution < -0.4 is 10.1 Å². The van der Waals surface area contributed by atoms with Gasteiger partial charge in [0.2, 0.25) is 5.91 Å². The lowest BCUT2D eigenvalue weighted by molar-refractivity contribution is -0.140. The second kappa shape index (κ2) is 8.85. The highest BCUT2D eigenvalue weighted by Gasteiger charge is 2.36. The highest BCUT2D eigenvalue weighted by molar-refractivity contribution is 5.79. The molecule has 0 saturated carbocycles. The number of rotatable bonds is 8. The van der Waals surface area contributed by atoms with Gasteiger partial charge >= 0.3 is 5.97 Å². The molecule has 2 N–H and O–H groups in total. The Bertz CT molecular complexity index is 578. The van der Waals surface area contributed by atoms with E-state index >= 15 is 0 Å². The summed E-state index contributed by atoms with van der Waals surface area (Å²) in [7, 11) is 1.62. The van der Waals surface area contributed by atoms with Crippen LogP contribution in [0.5, 0.6) is 5.75 Å². The molecule has 0 aromatic heterocycles. The van der Waals surface area contributed by atoms with E-state index in [0.29, 0.717) is 32.5 Å². The highest BCUT2D eigenvalue weighted by atomic mass is 16.5. The van der Waals surface area contributed by atoms with Crippen molar-refractivity contribution >= 4 is 11.9 Å². The average molecular weight is 349 g/mol. The molecular formula is C19H27NO5. The highest BCUT2D eigenvalue weighted by Crippen LogP contribution is 2.28. The van der Waals surface area contributed by atoms with Crippen molar-refractivity contribution in [3.8, 4) is 5.75 Å². The fraction of sp³-hybridized carbons (Fsp3) is 0.579. The Morgan fingerprint density at radius 2 is 1.92 bits per heavy atom. The zero-order chi connectivity index (χ0) is 18.3. The van der Waals surface area contributed by atoms with Gasteiger partial charge in [0.1, 0.15) is 5.75 Å². The molecule has 1 aliphatic heterocycles. The van der Waals surface area contributed by atoms with Gasteiger partial charge in [-0.05, 0) is 42.9 Å². The van der Waals surface area contributed by atoms with Gasteiger partial charge in [-0.1, -0.05) is 19.1 Å². The monoisotopic (exact) mass is 349 g/mol. The molecule has 1 unspecified atom stereocenters. The lowest BCUT2D eigenvalue weighted by Crippen LogP contribution is -2.53. The summed E-state index contributed by atoms with van der Waals surface area (Å²) >= 11 is 0. The molecule has 1 saturated heterocycles. The third kappa shape index (κ3) is 5.46. The maximum absolute atomic E-state index is 12.6. The van der Waals surface area contributed by atoms with E-state index in [1.165, 1.54) is 0 Å². The summed E-state index contributed by atoms with van der Waals surface area (Å²) in [6.07, 6.45) is 2.16. The van der Waals surface area contributed by atoms with Gasteiger partial charge in [0.25, 0.3) is 0 Å². The van der Waals surface area contributed by atoms with Crippen LogP contribution in [0.1, 0.15) is 50.5 Å². The Labute approximate surface area is 148 Å². The minimum absolute atomic E-state index is 0.0680. The van der Waals surface area contributed by atoms with Gasteiger partial charge in [0.15, 0.2) is 0 Å². The van der Waals surface area contributed by atoms with Gasteiger partial charge in [-0.25, -0.2) is 0 Å². The third-order valence-electron chi connectivity index (χ3n) is 4.86. The molecule has 1 aromatic rings. The van der Waals surface area contributed by atoms with Crippen LogP contribution in [0, 0.1) is 0 Å². The lowest BCUT2D eigenvalue weighted by Gasteiger charge is -2.37. The van der Waals surface area contributed by atoms with E-state index in [1.54, 1.807) is 7.11 Å². The Morgan fingerprint density at radius 1 is 1.28 bits per heavy atom. The zero-order valence-corrected chi connectivity index (χ0v) is 14.9. The number of methoxy groups -OCH3 is 1. The number of hydrogen-bond acceptors (Lipinski definition) is 4. The molecule has 1 heterocycles. The van der Waals surface area contributed by atoms with E-state index < -0.39 is 11.5 Å². The van der Waals surface area contributed by atoms with Crippen LogP contribution in [0.4, 0.5) is 0 Å². The second-order valence-electron chi connectivity index (χ2n) is 6.59. The first-order chi connectivity index (χ1) is 12.0. The molecule has 6 nitrogen and oxygen atoms in total. The van der Waals surface area contributed by atoms with Crippen LogP contribution in [0.3, 0.4) is 0 Å². The molecule has 1 aromatic carbocycles. The molecule has 1 aliphatic rings. The summed E-state index contributed by atoms with van der Waals surface area (Å²) in [5.74, 6) is -0.131. The summed E-state index contributed by atoms with van der Waals surface area (Å²) in [5.41, 5.74) is 0.386. The molecule has 0 bridgehead atoms. The van der Waals surface area contributed by atoms with Crippen molar-refractivity contribution in [2.75, 3.05) is 20.3 Å². The van der Waals surface area contributed by atoms with Crippen molar-refractivity contribution in [1.82, 2.24) is 5.32 Å². The number of ether oxygens (including phenoxy) is 2. The van der Waals surface area contributed by atoms with Gasteiger partial charge in [-0.2, -0.15) is 0 Å². The maximum Gasteiger partial charge on any atom is 0.305 e. The number of carbonyl (C=O) groups is 2. The minimum Gasteiger partial charge on any atom is -0.497 e. The molecule has 0 aliphatic carbocycles. The zero-order valence-electron chi connectivity index (χ0n) is 14.9. The van der Waals surface area contributed by atoms with Crippen LogP contribution in [0.15, 0.2) is 24.3 Å². The Morgan fingerprint density at radius 3 is 2.44 bits per heavy atom. The first-order valence-electron chi connectivity index (χ1n) is 8.72. The predicted octanol–water partition coefficient (Wildman–Crippen LogP) is 2.72. The number of amides is 1. The van der Waals surface area contributed by atoms with Gasteiger partial charge in [0, 0.05) is 19.6 Å². The molecule has 0 spiro atoms. The Balaban J connectivity index is 2.03. The van der Waals surface area contributed by atoms with E-state index in [2.05, 4.69) is 5.32 Å². The smallest absolute Gasteiger partial charge is 0.305 e. The number of benzene rings is 1. The number of aliphatic carboxylic acids is 1. The van der Waals surface area contributed by atoms with Crippen molar-refractivity contribution in [3.63, 3.8) is 0 Å². The van der Waals surface area contributed by atoms with Gasteiger partial charge in [-0.3, -0.25) is 9.59 Å². The molecule has 1 amide bonds. The second-order valence-corrected chi connectivity index (χ2v) is 6.59. The van der Waals surface area contributed by atoms with E-state index in [-0.39, 0.29) is 18.2 Å². The van der Waals surface area contributed by atoms with Gasteiger partial charge in [0.05, 0.1) is 19.1 Å². The standard InChI is InChI=1S/C19H27NO5/c1-3-14(15-4-6-16(24-2)7-5-15)12-17(21)20-19(13-18(22)23)8-10-25-11-9-19/h4-7,14H,3,8-13H2,1-2H3,(H,20,21)(H,22,23). The molecule has 2 rings (SSSR count). The molecule has 25 heavy (non-hydrogen) atoms. The van der Waals surface area contributed by atoms with Crippen LogP contribution in [0.25, 0.3) is 0 Å². The van der Waals surface area contributed by atoms with Crippen molar-refractivity contribution in [2.45, 2.75) is 50.5 Å². The van der Waals surface area contributed by atoms with Crippen molar-refractivity contribution < 1.29 is 24.2 Å². The molecule has 0 radical (unpaired) electrons. The lowest BCUT2D eigenvalue weighted by atomic mass is 9.85. The van der Waals surface area contributed by atoms with E-state index in [4.69, 9.17) is 9.47 Å². The maximum atomic E-state index is 12.6. The Hall–Kier alpha value is -2.08. The summed E-state index contributed by atoms with van der Waals surface area (Å²) in [6.45, 7) is 3.00. The van der Waals surface area contributed by atoms with Gasteiger partial charge in [-0.15, -0.1) is 0 Å². The topological polar surface area (TPSA) is 84.9 Å². The summed E-state index contributed by atoms with van der Waals surface area (Å²) in [6, 6.07) is 7.73. The number of hydrogen-bond donors (Lipinski definition) is 2. The predicted molar refractivity (Wildman–Crippen MR) is 93.8 cm³/mol. The van der Waals surface area contributed by atoms with Crippen molar-refractivity contribution in [3.05, 3.63) is 29.8 Å². The quantitative estimate of drug-likeness (QED) is 0.754. The fourth-order valence-corrected chi connectivity index (χ4v) is 3.34. The van der Waals surface area contributed by atoms with Crippen LogP contribution in [0.2, 0.25) is 0 Å². The van der Waals surface area contributed by atoms with Crippen molar-refractivity contribution in [1.29, 1.82) is 0 Å². The fourth-order valence-electron chi connectivity index (χ4n) is 3.34. The van der Waals surface area contributed by atoms with E-state index in [9.17, 15) is 14.7 Å². The third-order valence-corrected chi connectivity index (χ3v) is 4.86. The normalized spacial score (nSPS) is 17.5. The summed E-state index contributed by atoms with van der Waals surface area (Å²) in [5, 5.41) is 12.2. The molecule has 1 atom stereocenters. The largest absolute Gasteiger partial charge is 0.497 e. The first kappa shape index (κ1) is 19.2. The first-order valence-corrected chi connectivity index (χ1v) is 8.72. The van der Waals surface area contributed by atoms with Crippen LogP contribution >= 0.6 is 0 Å². The minimum atomic E-state index is -0.899. The van der Waals surface area contributed by atoms with Crippen LogP contribution in [-0.4, -0.2) is 42.8 Å². The molecule has 6 heteroatoms. The number of carbonyl (C=O) groups excluding carboxylic acids is 1. The average Bonchev–Trinajstić information content (AvgIpc) is 2.59. The van der Waals surface area contributed by atoms with Crippen LogP contribution in [-0.2, 0) is 14.3 Å². The Kier molecular flexibility index (Phi) is 6.82. The number of nitrogens with one attached hydrogen (secondary N) is 1.